The molecule has 1 amide bonds. The second-order valence-corrected chi connectivity index (χ2v) is 6.51. The van der Waals surface area contributed by atoms with Crippen LogP contribution in [0.25, 0.3) is 11.4 Å². The van der Waals surface area contributed by atoms with E-state index in [2.05, 4.69) is 27.1 Å². The van der Waals surface area contributed by atoms with Crippen molar-refractivity contribution in [1.82, 2.24) is 20.3 Å². The van der Waals surface area contributed by atoms with Crippen molar-refractivity contribution in [2.24, 2.45) is 5.92 Å². The van der Waals surface area contributed by atoms with E-state index >= 15 is 0 Å². The Morgan fingerprint density at radius 1 is 1.40 bits per heavy atom. The molecule has 2 aromatic heterocycles. The first-order valence-electron chi connectivity index (χ1n) is 8.96. The summed E-state index contributed by atoms with van der Waals surface area (Å²) in [4.78, 5) is 27.9. The number of nitrogens with zero attached hydrogens (tertiary/aromatic N) is 4. The average Bonchev–Trinajstić information content (AvgIpc) is 2.66. The van der Waals surface area contributed by atoms with E-state index in [0.717, 1.165) is 49.4 Å². The summed E-state index contributed by atoms with van der Waals surface area (Å²) >= 11 is 0. The van der Waals surface area contributed by atoms with Crippen molar-refractivity contribution in [3.05, 3.63) is 36.3 Å². The Morgan fingerprint density at radius 2 is 2.28 bits per heavy atom. The Morgan fingerprint density at radius 3 is 3.04 bits per heavy atom. The molecule has 3 heterocycles. The molecule has 0 radical (unpaired) electrons. The van der Waals surface area contributed by atoms with Crippen LogP contribution in [0.3, 0.4) is 0 Å². The molecule has 132 valence electrons. The molecular weight excluding hydrogens is 314 g/mol. The summed E-state index contributed by atoms with van der Waals surface area (Å²) in [6, 6.07) is 5.84. The van der Waals surface area contributed by atoms with Gasteiger partial charge in [-0.2, -0.15) is 0 Å². The summed E-state index contributed by atoms with van der Waals surface area (Å²) in [6.07, 6.45) is 6.41. The molecule has 1 aliphatic heterocycles. The zero-order valence-corrected chi connectivity index (χ0v) is 14.9. The van der Waals surface area contributed by atoms with Crippen molar-refractivity contribution in [2.45, 2.75) is 33.1 Å². The van der Waals surface area contributed by atoms with Crippen molar-refractivity contribution in [3.63, 3.8) is 0 Å². The second kappa shape index (κ2) is 8.05. The number of nitrogens with one attached hydrogen (secondary N) is 1. The smallest absolute Gasteiger partial charge is 0.224 e. The topological polar surface area (TPSA) is 71.0 Å². The van der Waals surface area contributed by atoms with Gasteiger partial charge in [-0.3, -0.25) is 9.78 Å². The number of aromatic nitrogens is 3. The number of aryl methyl sites for hydroxylation is 1. The van der Waals surface area contributed by atoms with Crippen LogP contribution in [-0.4, -0.2) is 40.5 Å². The molecule has 1 saturated heterocycles. The number of carbonyl (C=O) groups excluding carboxylic acids is 1. The quantitative estimate of drug-likeness (QED) is 0.906. The van der Waals surface area contributed by atoms with Crippen molar-refractivity contribution in [3.8, 4) is 11.4 Å². The molecule has 0 spiro atoms. The zero-order chi connectivity index (χ0) is 17.6. The minimum atomic E-state index is 0.0254. The maximum atomic E-state index is 12.3. The fourth-order valence-corrected chi connectivity index (χ4v) is 3.13. The Hall–Kier alpha value is -2.50. The van der Waals surface area contributed by atoms with E-state index in [-0.39, 0.29) is 11.8 Å². The molecule has 1 fully saturated rings. The van der Waals surface area contributed by atoms with Gasteiger partial charge in [-0.25, -0.2) is 9.97 Å². The molecule has 0 saturated carbocycles. The Kier molecular flexibility index (Phi) is 5.58. The van der Waals surface area contributed by atoms with E-state index in [0.29, 0.717) is 12.4 Å². The molecule has 0 aliphatic carbocycles. The Balaban J connectivity index is 1.79. The van der Waals surface area contributed by atoms with Crippen LogP contribution in [0.5, 0.6) is 0 Å². The van der Waals surface area contributed by atoms with Crippen LogP contribution in [0, 0.1) is 12.8 Å². The lowest BCUT2D eigenvalue weighted by atomic mass is 9.97. The van der Waals surface area contributed by atoms with Gasteiger partial charge in [0.15, 0.2) is 5.82 Å². The molecule has 3 rings (SSSR count). The van der Waals surface area contributed by atoms with Gasteiger partial charge in [-0.15, -0.1) is 0 Å². The van der Waals surface area contributed by atoms with Crippen LogP contribution in [-0.2, 0) is 4.79 Å². The predicted molar refractivity (Wildman–Crippen MR) is 98.2 cm³/mol. The SMILES string of the molecule is CCCNC(=O)C1CCCN(c2cc(C)nc(-c3cccnc3)n2)C1. The van der Waals surface area contributed by atoms with Gasteiger partial charge in [0.2, 0.25) is 5.91 Å². The highest BCUT2D eigenvalue weighted by atomic mass is 16.1. The highest BCUT2D eigenvalue weighted by Crippen LogP contribution is 2.24. The zero-order valence-electron chi connectivity index (χ0n) is 14.9. The number of hydrogen-bond acceptors (Lipinski definition) is 5. The molecule has 1 N–H and O–H groups in total. The van der Waals surface area contributed by atoms with Crippen molar-refractivity contribution >= 4 is 11.7 Å². The van der Waals surface area contributed by atoms with Gasteiger partial charge in [0, 0.05) is 49.4 Å². The third kappa shape index (κ3) is 4.32. The third-order valence-corrected chi connectivity index (χ3v) is 4.43. The minimum Gasteiger partial charge on any atom is -0.356 e. The number of carbonyl (C=O) groups is 1. The number of hydrogen-bond donors (Lipinski definition) is 1. The maximum Gasteiger partial charge on any atom is 0.224 e. The van der Waals surface area contributed by atoms with Crippen LogP contribution in [0.2, 0.25) is 0 Å². The summed E-state index contributed by atoms with van der Waals surface area (Å²) in [5.41, 5.74) is 1.82. The van der Waals surface area contributed by atoms with E-state index in [1.807, 2.05) is 25.1 Å². The Bertz CT molecular complexity index is 719. The predicted octanol–water partition coefficient (Wildman–Crippen LogP) is 2.59. The number of anilines is 1. The van der Waals surface area contributed by atoms with Crippen LogP contribution in [0.4, 0.5) is 5.82 Å². The normalized spacial score (nSPS) is 17.4. The first-order valence-corrected chi connectivity index (χ1v) is 8.96. The van der Waals surface area contributed by atoms with E-state index in [4.69, 9.17) is 4.98 Å². The highest BCUT2D eigenvalue weighted by molar-refractivity contribution is 5.79. The molecular formula is C19H25N5O. The van der Waals surface area contributed by atoms with Crippen molar-refractivity contribution in [1.29, 1.82) is 0 Å². The lowest BCUT2D eigenvalue weighted by molar-refractivity contribution is -0.125. The average molecular weight is 339 g/mol. The van der Waals surface area contributed by atoms with Gasteiger partial charge in [0.25, 0.3) is 0 Å². The van der Waals surface area contributed by atoms with E-state index in [1.165, 1.54) is 0 Å². The molecule has 1 unspecified atom stereocenters. The number of amides is 1. The molecule has 6 nitrogen and oxygen atoms in total. The van der Waals surface area contributed by atoms with E-state index < -0.39 is 0 Å². The van der Waals surface area contributed by atoms with E-state index in [1.54, 1.807) is 12.4 Å². The van der Waals surface area contributed by atoms with Crippen molar-refractivity contribution in [2.75, 3.05) is 24.5 Å². The summed E-state index contributed by atoms with van der Waals surface area (Å²) in [7, 11) is 0. The first-order chi connectivity index (χ1) is 12.2. The lowest BCUT2D eigenvalue weighted by Crippen LogP contribution is -2.43. The van der Waals surface area contributed by atoms with E-state index in [9.17, 15) is 4.79 Å². The summed E-state index contributed by atoms with van der Waals surface area (Å²) in [5.74, 6) is 1.75. The van der Waals surface area contributed by atoms with Crippen LogP contribution in [0.1, 0.15) is 31.9 Å². The molecule has 1 atom stereocenters. The number of piperidine rings is 1. The number of pyridine rings is 1. The van der Waals surface area contributed by atoms with Gasteiger partial charge < -0.3 is 10.2 Å². The molecule has 2 aromatic rings. The molecule has 1 aliphatic rings. The summed E-state index contributed by atoms with van der Waals surface area (Å²) < 4.78 is 0. The molecule has 0 aromatic carbocycles. The lowest BCUT2D eigenvalue weighted by Gasteiger charge is -2.33. The van der Waals surface area contributed by atoms with Crippen LogP contribution >= 0.6 is 0 Å². The monoisotopic (exact) mass is 339 g/mol. The van der Waals surface area contributed by atoms with Gasteiger partial charge >= 0.3 is 0 Å². The molecule has 25 heavy (non-hydrogen) atoms. The molecule has 6 heteroatoms. The fraction of sp³-hybridized carbons (Fsp3) is 0.474. The summed E-state index contributed by atoms with van der Waals surface area (Å²) in [5, 5.41) is 3.02. The molecule has 0 bridgehead atoms. The van der Waals surface area contributed by atoms with Gasteiger partial charge in [0.05, 0.1) is 5.92 Å². The van der Waals surface area contributed by atoms with Gasteiger partial charge in [-0.1, -0.05) is 6.92 Å². The first kappa shape index (κ1) is 17.3. The summed E-state index contributed by atoms with van der Waals surface area (Å²) in [6.45, 7) is 6.41. The van der Waals surface area contributed by atoms with Crippen LogP contribution in [0.15, 0.2) is 30.6 Å². The highest BCUT2D eigenvalue weighted by Gasteiger charge is 2.26. The fourth-order valence-electron chi connectivity index (χ4n) is 3.13. The maximum absolute atomic E-state index is 12.3. The van der Waals surface area contributed by atoms with Gasteiger partial charge in [-0.05, 0) is 38.3 Å². The largest absolute Gasteiger partial charge is 0.356 e. The van der Waals surface area contributed by atoms with Crippen molar-refractivity contribution < 1.29 is 4.79 Å². The van der Waals surface area contributed by atoms with Crippen LogP contribution < -0.4 is 10.2 Å². The number of rotatable bonds is 5. The standard InChI is InChI=1S/C19H25N5O/c1-3-8-21-19(25)16-7-5-10-24(13-16)17-11-14(2)22-18(23-17)15-6-4-9-20-12-15/h4,6,9,11-12,16H,3,5,7-8,10,13H2,1-2H3,(H,21,25). The minimum absolute atomic E-state index is 0.0254. The second-order valence-electron chi connectivity index (χ2n) is 6.51. The third-order valence-electron chi connectivity index (χ3n) is 4.43. The van der Waals surface area contributed by atoms with Gasteiger partial charge in [0.1, 0.15) is 5.82 Å². The Labute approximate surface area is 148 Å².